The Morgan fingerprint density at radius 3 is 2.69 bits per heavy atom. The first-order valence-electron chi connectivity index (χ1n) is 12.2. The summed E-state index contributed by atoms with van der Waals surface area (Å²) >= 11 is 0. The molecule has 0 saturated carbocycles. The van der Waals surface area contributed by atoms with Crippen LogP contribution in [0.3, 0.4) is 0 Å². The number of benzene rings is 2. The number of fused-ring (bicyclic) bond motifs is 1. The van der Waals surface area contributed by atoms with E-state index in [1.165, 1.54) is 26.4 Å². The van der Waals surface area contributed by atoms with Crippen LogP contribution < -0.4 is 21.3 Å². The molecule has 0 aliphatic carbocycles. The van der Waals surface area contributed by atoms with Crippen LogP contribution in [0.25, 0.3) is 22.0 Å². The number of ether oxygens (including phenoxy) is 2. The van der Waals surface area contributed by atoms with E-state index in [9.17, 15) is 18.8 Å². The monoisotopic (exact) mass is 534 g/mol. The number of anilines is 1. The molecule has 1 atom stereocenters. The molecule has 2 aromatic heterocycles. The van der Waals surface area contributed by atoms with Crippen molar-refractivity contribution < 1.29 is 23.5 Å². The summed E-state index contributed by atoms with van der Waals surface area (Å²) in [6, 6.07) is 11.0. The fourth-order valence-corrected chi connectivity index (χ4v) is 4.94. The molecule has 12 heteroatoms. The number of hydrogen-bond acceptors (Lipinski definition) is 7. The van der Waals surface area contributed by atoms with E-state index in [-0.39, 0.29) is 35.3 Å². The maximum absolute atomic E-state index is 13.7. The van der Waals surface area contributed by atoms with Gasteiger partial charge in [-0.25, -0.2) is 14.3 Å². The molecule has 1 aliphatic rings. The minimum absolute atomic E-state index is 0.104. The summed E-state index contributed by atoms with van der Waals surface area (Å²) in [5, 5.41) is 9.71. The fraction of sp³-hybridized carbons (Fsp3) is 0.259. The minimum Gasteiger partial charge on any atom is -0.496 e. The third kappa shape index (κ3) is 4.88. The van der Waals surface area contributed by atoms with Crippen LogP contribution in [0.4, 0.5) is 15.0 Å². The first kappa shape index (κ1) is 25.8. The van der Waals surface area contributed by atoms with E-state index < -0.39 is 17.8 Å². The average Bonchev–Trinajstić information content (AvgIpc) is 3.60. The van der Waals surface area contributed by atoms with Crippen molar-refractivity contribution in [1.29, 1.82) is 0 Å². The number of nitrogens with zero attached hydrogens (tertiary/aromatic N) is 3. The van der Waals surface area contributed by atoms with Gasteiger partial charge in [-0.2, -0.15) is 5.10 Å². The van der Waals surface area contributed by atoms with Gasteiger partial charge >= 0.3 is 6.09 Å². The number of hydrogen-bond donors (Lipinski definition) is 3. The summed E-state index contributed by atoms with van der Waals surface area (Å²) in [5.41, 5.74) is 8.64. The number of rotatable bonds is 6. The van der Waals surface area contributed by atoms with Crippen molar-refractivity contribution in [3.63, 3.8) is 0 Å². The van der Waals surface area contributed by atoms with Gasteiger partial charge in [0.2, 0.25) is 0 Å². The van der Waals surface area contributed by atoms with Crippen molar-refractivity contribution in [1.82, 2.24) is 25.0 Å². The van der Waals surface area contributed by atoms with Gasteiger partial charge in [0.25, 0.3) is 11.5 Å². The summed E-state index contributed by atoms with van der Waals surface area (Å²) in [6.07, 6.45) is 2.09. The summed E-state index contributed by atoms with van der Waals surface area (Å²) in [6.45, 7) is 1.11. The van der Waals surface area contributed by atoms with Gasteiger partial charge in [-0.1, -0.05) is 24.3 Å². The Bertz CT molecular complexity index is 1610. The van der Waals surface area contributed by atoms with Gasteiger partial charge in [0.15, 0.2) is 5.82 Å². The molecule has 1 fully saturated rings. The lowest BCUT2D eigenvalue weighted by Crippen LogP contribution is -2.29. The number of carbonyl (C=O) groups excluding carboxylic acids is 2. The molecule has 4 aromatic rings. The van der Waals surface area contributed by atoms with Crippen LogP contribution in [0.5, 0.6) is 5.75 Å². The maximum atomic E-state index is 13.7. The zero-order valence-corrected chi connectivity index (χ0v) is 21.4. The number of nitrogen functional groups attached to an aromatic ring is 1. The highest BCUT2D eigenvalue weighted by Crippen LogP contribution is 2.36. The number of H-pyrrole nitrogens is 1. The first-order valence-corrected chi connectivity index (χ1v) is 12.2. The highest BCUT2D eigenvalue weighted by molar-refractivity contribution is 6.02. The normalized spacial score (nSPS) is 14.9. The lowest BCUT2D eigenvalue weighted by atomic mass is 10.0. The smallest absolute Gasteiger partial charge is 0.409 e. The largest absolute Gasteiger partial charge is 0.496 e. The number of nitrogens with one attached hydrogen (secondary N) is 2. The van der Waals surface area contributed by atoms with E-state index in [4.69, 9.17) is 15.2 Å². The van der Waals surface area contributed by atoms with Crippen LogP contribution >= 0.6 is 0 Å². The predicted molar refractivity (Wildman–Crippen MR) is 142 cm³/mol. The maximum Gasteiger partial charge on any atom is 0.409 e. The Kier molecular flexibility index (Phi) is 6.92. The van der Waals surface area contributed by atoms with Gasteiger partial charge in [0.05, 0.1) is 31.2 Å². The number of carbonyl (C=O) groups is 2. The molecule has 0 bridgehead atoms. The summed E-state index contributed by atoms with van der Waals surface area (Å²) in [5.74, 6) is -0.540. The van der Waals surface area contributed by atoms with Gasteiger partial charge < -0.3 is 30.0 Å². The van der Waals surface area contributed by atoms with E-state index in [2.05, 4.69) is 15.5 Å². The van der Waals surface area contributed by atoms with E-state index in [1.54, 1.807) is 4.90 Å². The van der Waals surface area contributed by atoms with Crippen LogP contribution in [-0.2, 0) is 11.3 Å². The summed E-state index contributed by atoms with van der Waals surface area (Å²) in [7, 11) is 2.75. The number of likely N-dealkylation sites (tertiary alicyclic amines) is 1. The molecule has 1 aliphatic heterocycles. The number of methoxy groups -OCH3 is 2. The number of aromatic nitrogens is 3. The molecule has 202 valence electrons. The quantitative estimate of drug-likeness (QED) is 0.345. The summed E-state index contributed by atoms with van der Waals surface area (Å²) in [4.78, 5) is 39.1. The Morgan fingerprint density at radius 1 is 1.21 bits per heavy atom. The van der Waals surface area contributed by atoms with E-state index in [0.29, 0.717) is 30.4 Å². The molecule has 5 rings (SSSR count). The lowest BCUT2D eigenvalue weighted by Gasteiger charge is -2.16. The predicted octanol–water partition coefficient (Wildman–Crippen LogP) is 3.06. The number of nitrogens with two attached hydrogens (primary N) is 1. The first-order chi connectivity index (χ1) is 18.8. The standard InChI is InChI=1S/C27H27FN6O5/c1-38-21-8-7-17(28)11-19(21)25(35)30-12-15-3-5-16(6-4-15)20-14-34(18-9-10-33(13-18)27(37)39-2)23-22(20)24(29)31-32-26(23)36/h3-8,11,14,18H,9-10,12-13H2,1-2H3,(H2,29,31)(H,30,35)(H,32,36)/t18-/m1/s1. The molecule has 0 unspecified atom stereocenters. The third-order valence-electron chi connectivity index (χ3n) is 6.90. The Morgan fingerprint density at radius 2 is 1.97 bits per heavy atom. The van der Waals surface area contributed by atoms with Crippen LogP contribution in [0, 0.1) is 5.82 Å². The van der Waals surface area contributed by atoms with Gasteiger partial charge in [-0.05, 0) is 35.7 Å². The van der Waals surface area contributed by atoms with Gasteiger partial charge in [0.1, 0.15) is 17.1 Å². The number of amides is 2. The van der Waals surface area contributed by atoms with Crippen LogP contribution in [0.1, 0.15) is 28.4 Å². The second-order valence-electron chi connectivity index (χ2n) is 9.19. The summed E-state index contributed by atoms with van der Waals surface area (Å²) < 4.78 is 25.5. The highest BCUT2D eigenvalue weighted by Gasteiger charge is 2.30. The van der Waals surface area contributed by atoms with E-state index in [1.807, 2.05) is 35.0 Å². The highest BCUT2D eigenvalue weighted by atomic mass is 19.1. The molecule has 2 aromatic carbocycles. The zero-order valence-electron chi connectivity index (χ0n) is 21.4. The molecular weight excluding hydrogens is 507 g/mol. The molecule has 0 radical (unpaired) electrons. The Hall–Kier alpha value is -4.87. The second kappa shape index (κ2) is 10.5. The zero-order chi connectivity index (χ0) is 27.7. The van der Waals surface area contributed by atoms with Crippen molar-refractivity contribution in [2.75, 3.05) is 33.0 Å². The molecule has 2 amide bonds. The topological polar surface area (TPSA) is 145 Å². The molecular formula is C27H27FN6O5. The molecule has 1 saturated heterocycles. The van der Waals surface area contributed by atoms with Crippen molar-refractivity contribution in [2.45, 2.75) is 19.0 Å². The van der Waals surface area contributed by atoms with Crippen molar-refractivity contribution >= 4 is 28.7 Å². The number of aromatic amines is 1. The second-order valence-corrected chi connectivity index (χ2v) is 9.19. The van der Waals surface area contributed by atoms with Crippen molar-refractivity contribution in [3.05, 3.63) is 76.0 Å². The fourth-order valence-electron chi connectivity index (χ4n) is 4.94. The minimum atomic E-state index is -0.535. The molecule has 3 heterocycles. The van der Waals surface area contributed by atoms with Gasteiger partial charge in [0, 0.05) is 31.4 Å². The average molecular weight is 535 g/mol. The van der Waals surface area contributed by atoms with Gasteiger partial charge in [-0.15, -0.1) is 0 Å². The van der Waals surface area contributed by atoms with Gasteiger partial charge in [-0.3, -0.25) is 9.59 Å². The molecule has 0 spiro atoms. The Balaban J connectivity index is 1.41. The molecule has 4 N–H and O–H groups in total. The van der Waals surface area contributed by atoms with Crippen LogP contribution in [-0.4, -0.2) is 59.0 Å². The van der Waals surface area contributed by atoms with Crippen molar-refractivity contribution in [2.24, 2.45) is 0 Å². The number of halogens is 1. The molecule has 39 heavy (non-hydrogen) atoms. The SMILES string of the molecule is COC(=O)N1CC[C@@H](n2cc(-c3ccc(CNC(=O)c4cc(F)ccc4OC)cc3)c3c(N)n[nH]c(=O)c32)C1. The van der Waals surface area contributed by atoms with Crippen LogP contribution in [0.15, 0.2) is 53.5 Å². The molecule has 11 nitrogen and oxygen atoms in total. The van der Waals surface area contributed by atoms with Crippen LogP contribution in [0.2, 0.25) is 0 Å². The van der Waals surface area contributed by atoms with E-state index >= 15 is 0 Å². The lowest BCUT2D eigenvalue weighted by molar-refractivity contribution is 0.0947. The van der Waals surface area contributed by atoms with Crippen molar-refractivity contribution in [3.8, 4) is 16.9 Å². The third-order valence-corrected chi connectivity index (χ3v) is 6.90. The van der Waals surface area contributed by atoms with E-state index in [0.717, 1.165) is 22.8 Å². The Labute approximate surface area is 222 Å².